The standard InChI is InChI=1S/C28H34FN5O5S/c1-28(2)11-5-6-18(33-27(36)39-28)16-38-22-15-30-12-9-17(22)14-32-20-10-13-31-25(35)23(20)26(40)34-21-8-4-7-19(29)24(21)37-3/h4,7-9,12,15,18,32H,5-6,10-11,13-14,16H2,1-3H3,(H,31,35)(H,33,36)(H,34,40). The average molecular weight is 572 g/mol. The summed E-state index contributed by atoms with van der Waals surface area (Å²) in [5, 5.41) is 12.0. The molecule has 2 aliphatic rings. The zero-order chi connectivity index (χ0) is 28.7. The number of para-hydroxylation sites is 1. The first-order valence-corrected chi connectivity index (χ1v) is 13.5. The summed E-state index contributed by atoms with van der Waals surface area (Å²) in [7, 11) is 1.36. The lowest BCUT2D eigenvalue weighted by atomic mass is 9.98. The molecular weight excluding hydrogens is 537 g/mol. The Kier molecular flexibility index (Phi) is 9.41. The number of hydrogen-bond donors (Lipinski definition) is 4. The number of benzene rings is 1. The van der Waals surface area contributed by atoms with Crippen molar-refractivity contribution in [1.29, 1.82) is 0 Å². The number of methoxy groups -OCH3 is 1. The van der Waals surface area contributed by atoms with E-state index in [9.17, 15) is 14.0 Å². The molecule has 40 heavy (non-hydrogen) atoms. The van der Waals surface area contributed by atoms with Gasteiger partial charge in [-0.15, -0.1) is 0 Å². The fraction of sp³-hybridized carbons (Fsp3) is 0.429. The van der Waals surface area contributed by atoms with Gasteiger partial charge in [0.2, 0.25) is 0 Å². The van der Waals surface area contributed by atoms with Gasteiger partial charge in [0, 0.05) is 37.0 Å². The minimum atomic E-state index is -0.545. The highest BCUT2D eigenvalue weighted by atomic mass is 32.1. The first kappa shape index (κ1) is 29.1. The molecule has 4 rings (SSSR count). The normalized spacial score (nSPS) is 18.9. The summed E-state index contributed by atoms with van der Waals surface area (Å²) in [5.41, 5.74) is 1.55. The number of alkyl carbamates (subject to hydrolysis) is 1. The first-order chi connectivity index (χ1) is 19.2. The van der Waals surface area contributed by atoms with Gasteiger partial charge >= 0.3 is 6.09 Å². The predicted molar refractivity (Wildman–Crippen MR) is 152 cm³/mol. The number of pyridine rings is 1. The molecule has 1 saturated heterocycles. The van der Waals surface area contributed by atoms with Crippen molar-refractivity contribution in [3.63, 3.8) is 0 Å². The van der Waals surface area contributed by atoms with Gasteiger partial charge in [-0.05, 0) is 51.3 Å². The van der Waals surface area contributed by atoms with Crippen molar-refractivity contribution < 1.29 is 28.2 Å². The second-order valence-corrected chi connectivity index (χ2v) is 10.6. The summed E-state index contributed by atoms with van der Waals surface area (Å²) in [6.07, 6.45) is 5.76. The molecular formula is C28H34FN5O5S. The maximum absolute atomic E-state index is 14.2. The molecule has 10 nitrogen and oxygen atoms in total. The van der Waals surface area contributed by atoms with E-state index in [0.29, 0.717) is 36.6 Å². The van der Waals surface area contributed by atoms with E-state index in [1.54, 1.807) is 18.5 Å². The van der Waals surface area contributed by atoms with Crippen LogP contribution in [0.4, 0.5) is 14.9 Å². The van der Waals surface area contributed by atoms with E-state index in [4.69, 9.17) is 26.4 Å². The predicted octanol–water partition coefficient (Wildman–Crippen LogP) is 3.97. The molecule has 1 atom stereocenters. The molecule has 2 amide bonds. The number of hydrogen-bond acceptors (Lipinski definition) is 8. The maximum atomic E-state index is 14.2. The third-order valence-corrected chi connectivity index (χ3v) is 6.97. The number of carbonyl (C=O) groups is 2. The van der Waals surface area contributed by atoms with Crippen LogP contribution in [0.1, 0.15) is 45.1 Å². The smallest absolute Gasteiger partial charge is 0.408 e. The highest BCUT2D eigenvalue weighted by molar-refractivity contribution is 7.81. The van der Waals surface area contributed by atoms with Crippen molar-refractivity contribution in [1.82, 2.24) is 20.9 Å². The Bertz CT molecular complexity index is 1300. The van der Waals surface area contributed by atoms with E-state index in [-0.39, 0.29) is 34.9 Å². The second-order valence-electron chi connectivity index (χ2n) is 10.2. The third-order valence-electron chi connectivity index (χ3n) is 6.66. The molecule has 0 spiro atoms. The Morgan fingerprint density at radius 2 is 2.12 bits per heavy atom. The largest absolute Gasteiger partial charge is 0.492 e. The summed E-state index contributed by atoms with van der Waals surface area (Å²) in [5.74, 6) is -0.319. The fourth-order valence-corrected chi connectivity index (χ4v) is 4.94. The monoisotopic (exact) mass is 571 g/mol. The number of halogens is 1. The van der Waals surface area contributed by atoms with E-state index in [1.807, 2.05) is 19.9 Å². The van der Waals surface area contributed by atoms with Crippen LogP contribution >= 0.6 is 12.2 Å². The molecule has 0 radical (unpaired) electrons. The summed E-state index contributed by atoms with van der Waals surface area (Å²) in [6.45, 7) is 4.83. The molecule has 4 N–H and O–H groups in total. The van der Waals surface area contributed by atoms with Crippen molar-refractivity contribution in [2.75, 3.05) is 25.6 Å². The number of nitrogens with one attached hydrogen (secondary N) is 4. The van der Waals surface area contributed by atoms with Crippen LogP contribution in [0.25, 0.3) is 0 Å². The van der Waals surface area contributed by atoms with Gasteiger partial charge in [-0.3, -0.25) is 9.78 Å². The van der Waals surface area contributed by atoms with Crippen LogP contribution in [0.15, 0.2) is 47.9 Å². The second kappa shape index (κ2) is 12.9. The lowest BCUT2D eigenvalue weighted by Crippen LogP contribution is -2.45. The molecule has 2 aliphatic heterocycles. The Labute approximate surface area is 238 Å². The van der Waals surface area contributed by atoms with E-state index in [0.717, 1.165) is 24.8 Å². The van der Waals surface area contributed by atoms with Gasteiger partial charge in [0.1, 0.15) is 22.9 Å². The van der Waals surface area contributed by atoms with Gasteiger partial charge in [0.25, 0.3) is 5.91 Å². The number of carbonyl (C=O) groups excluding carboxylic acids is 2. The van der Waals surface area contributed by atoms with Gasteiger partial charge < -0.3 is 35.5 Å². The zero-order valence-corrected chi connectivity index (χ0v) is 23.6. The molecule has 1 unspecified atom stereocenters. The Morgan fingerprint density at radius 1 is 1.30 bits per heavy atom. The molecule has 0 aliphatic carbocycles. The van der Waals surface area contributed by atoms with Crippen LogP contribution in [0.5, 0.6) is 11.5 Å². The first-order valence-electron chi connectivity index (χ1n) is 13.1. The van der Waals surface area contributed by atoms with Gasteiger partial charge in [0.05, 0.1) is 30.6 Å². The molecule has 0 bridgehead atoms. The Hall–Kier alpha value is -3.93. The molecule has 12 heteroatoms. The number of aromatic nitrogens is 1. The maximum Gasteiger partial charge on any atom is 0.408 e. The number of amides is 2. The van der Waals surface area contributed by atoms with Gasteiger partial charge in [-0.2, -0.15) is 0 Å². The minimum absolute atomic E-state index is 0.00510. The van der Waals surface area contributed by atoms with Gasteiger partial charge in [0.15, 0.2) is 11.6 Å². The van der Waals surface area contributed by atoms with Crippen LogP contribution in [0.3, 0.4) is 0 Å². The van der Waals surface area contributed by atoms with Crippen LogP contribution in [-0.2, 0) is 16.1 Å². The number of anilines is 1. The Morgan fingerprint density at radius 3 is 2.92 bits per heavy atom. The number of rotatable bonds is 9. The molecule has 214 valence electrons. The van der Waals surface area contributed by atoms with Crippen molar-refractivity contribution in [2.45, 2.75) is 57.7 Å². The lowest BCUT2D eigenvalue weighted by Gasteiger charge is -2.30. The van der Waals surface area contributed by atoms with Crippen LogP contribution < -0.4 is 30.7 Å². The van der Waals surface area contributed by atoms with Gasteiger partial charge in [-0.1, -0.05) is 18.3 Å². The molecule has 1 fully saturated rings. The molecule has 2 aromatic rings. The fourth-order valence-electron chi connectivity index (χ4n) is 4.61. The van der Waals surface area contributed by atoms with E-state index < -0.39 is 17.5 Å². The summed E-state index contributed by atoms with van der Waals surface area (Å²) in [4.78, 5) is 29.3. The quantitative estimate of drug-likeness (QED) is 0.331. The summed E-state index contributed by atoms with van der Waals surface area (Å²) >= 11 is 5.55. The van der Waals surface area contributed by atoms with Crippen LogP contribution in [0.2, 0.25) is 0 Å². The molecule has 1 aromatic heterocycles. The van der Waals surface area contributed by atoms with Crippen LogP contribution in [0, 0.1) is 5.82 Å². The third kappa shape index (κ3) is 7.38. The number of nitrogens with zero attached hydrogens (tertiary/aromatic N) is 1. The van der Waals surface area contributed by atoms with Crippen LogP contribution in [-0.4, -0.2) is 53.9 Å². The summed E-state index contributed by atoms with van der Waals surface area (Å²) < 4.78 is 30.9. The highest BCUT2D eigenvalue weighted by Gasteiger charge is 2.28. The highest BCUT2D eigenvalue weighted by Crippen LogP contribution is 2.29. The SMILES string of the molecule is COc1c(F)cccc1NC(=S)C1=C(NCc2ccncc2OCC2CCCC(C)(C)OC(=O)N2)CCNC1=O. The van der Waals surface area contributed by atoms with Crippen molar-refractivity contribution in [2.24, 2.45) is 0 Å². The number of cyclic esters (lactones) is 1. The Balaban J connectivity index is 1.44. The minimum Gasteiger partial charge on any atom is -0.492 e. The van der Waals surface area contributed by atoms with E-state index in [2.05, 4.69) is 26.3 Å². The van der Waals surface area contributed by atoms with Crippen molar-refractivity contribution in [3.8, 4) is 11.5 Å². The van der Waals surface area contributed by atoms with Gasteiger partial charge in [-0.25, -0.2) is 9.18 Å². The average Bonchev–Trinajstić information content (AvgIpc) is 2.89. The topological polar surface area (TPSA) is 123 Å². The summed E-state index contributed by atoms with van der Waals surface area (Å²) in [6, 6.07) is 6.04. The molecule has 3 heterocycles. The van der Waals surface area contributed by atoms with E-state index in [1.165, 1.54) is 19.2 Å². The lowest BCUT2D eigenvalue weighted by molar-refractivity contribution is -0.117. The molecule has 0 saturated carbocycles. The van der Waals surface area contributed by atoms with Crippen molar-refractivity contribution >= 4 is 34.9 Å². The number of ether oxygens (including phenoxy) is 3. The zero-order valence-electron chi connectivity index (χ0n) is 22.8. The molecule has 1 aromatic carbocycles. The number of thiocarbonyl (C=S) groups is 1. The van der Waals surface area contributed by atoms with Crippen molar-refractivity contribution in [3.05, 3.63) is 59.3 Å². The van der Waals surface area contributed by atoms with E-state index >= 15 is 0 Å².